The highest BCUT2D eigenvalue weighted by molar-refractivity contribution is 14.1. The molecule has 1 N–H and O–H groups in total. The van der Waals surface area contributed by atoms with Crippen molar-refractivity contribution in [2.75, 3.05) is 32.5 Å². The van der Waals surface area contributed by atoms with E-state index in [4.69, 9.17) is 4.98 Å². The molecule has 0 unspecified atom stereocenters. The lowest BCUT2D eigenvalue weighted by Gasteiger charge is -2.14. The second-order valence-electron chi connectivity index (χ2n) is 4.98. The Labute approximate surface area is 130 Å². The Morgan fingerprint density at radius 3 is 2.42 bits per heavy atom. The summed E-state index contributed by atoms with van der Waals surface area (Å²) in [7, 11) is 4.16. The van der Waals surface area contributed by atoms with Crippen LogP contribution in [0.2, 0.25) is 0 Å². The summed E-state index contributed by atoms with van der Waals surface area (Å²) in [4.78, 5) is 11.6. The summed E-state index contributed by atoms with van der Waals surface area (Å²) < 4.78 is 1.18. The number of anilines is 1. The van der Waals surface area contributed by atoms with Crippen LogP contribution in [0.5, 0.6) is 0 Å². The first kappa shape index (κ1) is 16.6. The zero-order chi connectivity index (χ0) is 14.3. The van der Waals surface area contributed by atoms with E-state index in [1.807, 2.05) is 0 Å². The summed E-state index contributed by atoms with van der Waals surface area (Å²) in [5.41, 5.74) is 1.19. The number of nitrogens with zero attached hydrogens (tertiary/aromatic N) is 3. The van der Waals surface area contributed by atoms with Crippen LogP contribution in [-0.2, 0) is 12.8 Å². The first-order chi connectivity index (χ1) is 9.08. The molecular formula is C14H25IN4. The first-order valence-electron chi connectivity index (χ1n) is 7.02. The third-order valence-electron chi connectivity index (χ3n) is 2.78. The van der Waals surface area contributed by atoms with Gasteiger partial charge in [-0.3, -0.25) is 0 Å². The quantitative estimate of drug-likeness (QED) is 0.709. The van der Waals surface area contributed by atoms with Crippen molar-refractivity contribution in [3.05, 3.63) is 15.1 Å². The Bertz CT molecular complexity index is 393. The van der Waals surface area contributed by atoms with Crippen molar-refractivity contribution in [2.45, 2.75) is 39.5 Å². The number of aromatic nitrogens is 2. The topological polar surface area (TPSA) is 41.1 Å². The van der Waals surface area contributed by atoms with E-state index in [1.165, 1.54) is 9.26 Å². The molecular weight excluding hydrogens is 351 g/mol. The van der Waals surface area contributed by atoms with Crippen LogP contribution in [0.15, 0.2) is 0 Å². The zero-order valence-corrected chi connectivity index (χ0v) is 14.6. The predicted octanol–water partition coefficient (Wildman–Crippen LogP) is 2.96. The van der Waals surface area contributed by atoms with Crippen molar-refractivity contribution in [3.8, 4) is 0 Å². The summed E-state index contributed by atoms with van der Waals surface area (Å²) in [6.45, 7) is 6.31. The van der Waals surface area contributed by atoms with Crippen molar-refractivity contribution in [1.29, 1.82) is 0 Å². The summed E-state index contributed by atoms with van der Waals surface area (Å²) in [5.74, 6) is 1.96. The summed E-state index contributed by atoms with van der Waals surface area (Å²) >= 11 is 2.36. The number of likely N-dealkylation sites (N-methyl/N-ethyl adjacent to an activating group) is 1. The molecule has 1 heterocycles. The zero-order valence-electron chi connectivity index (χ0n) is 12.5. The van der Waals surface area contributed by atoms with E-state index < -0.39 is 0 Å². The average Bonchev–Trinajstić information content (AvgIpc) is 2.38. The molecule has 0 aliphatic carbocycles. The van der Waals surface area contributed by atoms with Gasteiger partial charge in [-0.25, -0.2) is 9.97 Å². The molecule has 1 aromatic rings. The number of rotatable bonds is 8. The second kappa shape index (κ2) is 8.68. The van der Waals surface area contributed by atoms with E-state index in [1.54, 1.807) is 0 Å². The van der Waals surface area contributed by atoms with E-state index in [-0.39, 0.29) is 0 Å². The molecule has 1 aromatic heterocycles. The highest BCUT2D eigenvalue weighted by atomic mass is 127. The molecule has 0 bridgehead atoms. The molecule has 0 fully saturated rings. The maximum Gasteiger partial charge on any atom is 0.143 e. The second-order valence-corrected chi connectivity index (χ2v) is 6.06. The molecule has 5 heteroatoms. The molecule has 0 aliphatic rings. The lowest BCUT2D eigenvalue weighted by atomic mass is 10.2. The molecule has 0 saturated heterocycles. The van der Waals surface area contributed by atoms with E-state index in [0.29, 0.717) is 0 Å². The summed E-state index contributed by atoms with van der Waals surface area (Å²) in [5, 5.41) is 3.42. The van der Waals surface area contributed by atoms with Gasteiger partial charge in [0.15, 0.2) is 0 Å². The maximum absolute atomic E-state index is 4.72. The van der Waals surface area contributed by atoms with Crippen LogP contribution in [0.4, 0.5) is 5.82 Å². The van der Waals surface area contributed by atoms with Crippen LogP contribution in [0.3, 0.4) is 0 Å². The largest absolute Gasteiger partial charge is 0.369 e. The van der Waals surface area contributed by atoms with Gasteiger partial charge in [0.25, 0.3) is 0 Å². The van der Waals surface area contributed by atoms with Crippen molar-refractivity contribution >= 4 is 28.4 Å². The van der Waals surface area contributed by atoms with E-state index in [0.717, 1.165) is 50.4 Å². The summed E-state index contributed by atoms with van der Waals surface area (Å²) in [6.07, 6.45) is 4.15. The SMILES string of the molecule is CCCNc1nc(CCN(C)C)nc(CCC)c1I. The fourth-order valence-corrected chi connectivity index (χ4v) is 2.44. The normalized spacial score (nSPS) is 11.1. The van der Waals surface area contributed by atoms with Crippen LogP contribution < -0.4 is 5.32 Å². The summed E-state index contributed by atoms with van der Waals surface area (Å²) in [6, 6.07) is 0. The predicted molar refractivity (Wildman–Crippen MR) is 89.8 cm³/mol. The van der Waals surface area contributed by atoms with E-state index in [9.17, 15) is 0 Å². The molecule has 0 amide bonds. The van der Waals surface area contributed by atoms with Crippen LogP contribution >= 0.6 is 22.6 Å². The van der Waals surface area contributed by atoms with Gasteiger partial charge in [-0.2, -0.15) is 0 Å². The highest BCUT2D eigenvalue weighted by Gasteiger charge is 2.11. The first-order valence-corrected chi connectivity index (χ1v) is 8.10. The van der Waals surface area contributed by atoms with Crippen LogP contribution in [0.1, 0.15) is 38.2 Å². The van der Waals surface area contributed by atoms with Gasteiger partial charge in [-0.05, 0) is 49.5 Å². The minimum absolute atomic E-state index is 0.904. The van der Waals surface area contributed by atoms with E-state index in [2.05, 4.69) is 65.7 Å². The van der Waals surface area contributed by atoms with Crippen molar-refractivity contribution in [2.24, 2.45) is 0 Å². The van der Waals surface area contributed by atoms with Crippen LogP contribution in [0.25, 0.3) is 0 Å². The Morgan fingerprint density at radius 1 is 1.11 bits per heavy atom. The van der Waals surface area contributed by atoms with Gasteiger partial charge in [0, 0.05) is 19.5 Å². The molecule has 0 aromatic carbocycles. The maximum atomic E-state index is 4.72. The van der Waals surface area contributed by atoms with Crippen molar-refractivity contribution < 1.29 is 0 Å². The van der Waals surface area contributed by atoms with Gasteiger partial charge in [0.05, 0.1) is 9.26 Å². The molecule has 0 spiro atoms. The number of halogens is 1. The standard InChI is InChI=1S/C14H25IN4/c1-5-7-11-13(15)14(16-9-6-2)18-12(17-11)8-10-19(3)4/h5-10H2,1-4H3,(H,16,17,18). The number of aryl methyl sites for hydroxylation is 1. The smallest absolute Gasteiger partial charge is 0.143 e. The average molecular weight is 376 g/mol. The van der Waals surface area contributed by atoms with Gasteiger partial charge in [0.1, 0.15) is 11.6 Å². The van der Waals surface area contributed by atoms with Crippen molar-refractivity contribution in [1.82, 2.24) is 14.9 Å². The molecule has 0 aliphatic heterocycles. The third-order valence-corrected chi connectivity index (χ3v) is 3.91. The Morgan fingerprint density at radius 2 is 1.84 bits per heavy atom. The minimum Gasteiger partial charge on any atom is -0.369 e. The van der Waals surface area contributed by atoms with Gasteiger partial charge in [-0.1, -0.05) is 20.3 Å². The van der Waals surface area contributed by atoms with Crippen molar-refractivity contribution in [3.63, 3.8) is 0 Å². The molecule has 0 saturated carbocycles. The molecule has 4 nitrogen and oxygen atoms in total. The van der Waals surface area contributed by atoms with Gasteiger partial charge < -0.3 is 10.2 Å². The van der Waals surface area contributed by atoms with Gasteiger partial charge >= 0.3 is 0 Å². The Balaban J connectivity index is 2.93. The Kier molecular flexibility index (Phi) is 7.60. The number of nitrogens with one attached hydrogen (secondary N) is 1. The molecule has 19 heavy (non-hydrogen) atoms. The minimum atomic E-state index is 0.904. The number of hydrogen-bond acceptors (Lipinski definition) is 4. The van der Waals surface area contributed by atoms with Gasteiger partial charge in [-0.15, -0.1) is 0 Å². The lowest BCUT2D eigenvalue weighted by molar-refractivity contribution is 0.409. The fraction of sp³-hybridized carbons (Fsp3) is 0.714. The van der Waals surface area contributed by atoms with Crippen LogP contribution in [0, 0.1) is 3.57 Å². The number of hydrogen-bond donors (Lipinski definition) is 1. The van der Waals surface area contributed by atoms with E-state index >= 15 is 0 Å². The van der Waals surface area contributed by atoms with Gasteiger partial charge in [0.2, 0.25) is 0 Å². The molecule has 1 rings (SSSR count). The highest BCUT2D eigenvalue weighted by Crippen LogP contribution is 2.20. The van der Waals surface area contributed by atoms with Crippen LogP contribution in [-0.4, -0.2) is 42.1 Å². The lowest BCUT2D eigenvalue weighted by Crippen LogP contribution is -2.18. The monoisotopic (exact) mass is 376 g/mol. The molecule has 0 radical (unpaired) electrons. The third kappa shape index (κ3) is 5.60. The molecule has 108 valence electrons. The Hall–Kier alpha value is -0.430. The fourth-order valence-electron chi connectivity index (χ4n) is 1.74. The molecule has 0 atom stereocenters.